The molecule has 1 aromatic carbocycles. The second-order valence-corrected chi connectivity index (χ2v) is 7.58. The number of nitrogens with zero attached hydrogens (tertiary/aromatic N) is 3. The number of amides is 2. The Hall–Kier alpha value is -2.28. The average molecular weight is 375 g/mol. The first-order chi connectivity index (χ1) is 12.4. The quantitative estimate of drug-likeness (QED) is 0.826. The Labute approximate surface area is 156 Å². The van der Waals surface area contributed by atoms with Crippen molar-refractivity contribution in [1.29, 1.82) is 0 Å². The highest BCUT2D eigenvalue weighted by atomic mass is 32.1. The predicted molar refractivity (Wildman–Crippen MR) is 98.8 cm³/mol. The number of hydrogen-bond donors (Lipinski definition) is 0. The van der Waals surface area contributed by atoms with E-state index in [0.717, 1.165) is 10.7 Å². The fourth-order valence-corrected chi connectivity index (χ4v) is 3.70. The van der Waals surface area contributed by atoms with Crippen LogP contribution in [0.4, 0.5) is 4.39 Å². The highest BCUT2D eigenvalue weighted by Gasteiger charge is 2.25. The van der Waals surface area contributed by atoms with Crippen LogP contribution >= 0.6 is 11.3 Å². The highest BCUT2D eigenvalue weighted by Crippen LogP contribution is 2.20. The van der Waals surface area contributed by atoms with Crippen molar-refractivity contribution in [2.45, 2.75) is 26.2 Å². The molecule has 2 aromatic rings. The topological polar surface area (TPSA) is 53.5 Å². The molecule has 138 valence electrons. The third-order valence-corrected chi connectivity index (χ3v) is 5.60. The average Bonchev–Trinajstić information content (AvgIpc) is 3.11. The van der Waals surface area contributed by atoms with Crippen LogP contribution in [0.1, 0.15) is 40.8 Å². The Morgan fingerprint density at radius 3 is 2.31 bits per heavy atom. The second kappa shape index (κ2) is 7.95. The lowest BCUT2D eigenvalue weighted by Crippen LogP contribution is -2.51. The Balaban J connectivity index is 1.53. The number of aromatic nitrogens is 1. The molecule has 0 spiro atoms. The molecule has 0 bridgehead atoms. The van der Waals surface area contributed by atoms with Crippen LogP contribution in [0.3, 0.4) is 0 Å². The summed E-state index contributed by atoms with van der Waals surface area (Å²) in [6.07, 6.45) is 0.301. The molecule has 0 atom stereocenters. The van der Waals surface area contributed by atoms with E-state index in [1.807, 2.05) is 5.38 Å². The van der Waals surface area contributed by atoms with Gasteiger partial charge in [-0.15, -0.1) is 11.3 Å². The van der Waals surface area contributed by atoms with E-state index in [1.165, 1.54) is 24.3 Å². The van der Waals surface area contributed by atoms with Gasteiger partial charge in [-0.3, -0.25) is 9.59 Å². The van der Waals surface area contributed by atoms with Crippen molar-refractivity contribution < 1.29 is 14.0 Å². The number of carbonyl (C=O) groups is 2. The third-order valence-electron chi connectivity index (χ3n) is 4.41. The smallest absolute Gasteiger partial charge is 0.253 e. The van der Waals surface area contributed by atoms with Crippen molar-refractivity contribution >= 4 is 23.2 Å². The Morgan fingerprint density at radius 1 is 1.12 bits per heavy atom. The van der Waals surface area contributed by atoms with E-state index in [2.05, 4.69) is 18.8 Å². The first-order valence-corrected chi connectivity index (χ1v) is 9.59. The fraction of sp³-hybridized carbons (Fsp3) is 0.421. The minimum absolute atomic E-state index is 0.0412. The Kier molecular flexibility index (Phi) is 5.66. The van der Waals surface area contributed by atoms with Gasteiger partial charge in [0, 0.05) is 43.0 Å². The molecule has 0 radical (unpaired) electrons. The van der Waals surface area contributed by atoms with Gasteiger partial charge in [-0.25, -0.2) is 9.37 Å². The summed E-state index contributed by atoms with van der Waals surface area (Å²) in [5.41, 5.74) is 1.28. The molecule has 1 aliphatic heterocycles. The number of carbonyl (C=O) groups excluding carboxylic acids is 2. The normalized spacial score (nSPS) is 14.8. The van der Waals surface area contributed by atoms with E-state index in [1.54, 1.807) is 21.1 Å². The summed E-state index contributed by atoms with van der Waals surface area (Å²) in [5.74, 6) is -0.0813. The molecule has 5 nitrogen and oxygen atoms in total. The summed E-state index contributed by atoms with van der Waals surface area (Å²) in [6, 6.07) is 5.55. The van der Waals surface area contributed by atoms with E-state index in [4.69, 9.17) is 0 Å². The van der Waals surface area contributed by atoms with E-state index in [0.29, 0.717) is 44.1 Å². The molecule has 26 heavy (non-hydrogen) atoms. The van der Waals surface area contributed by atoms with E-state index >= 15 is 0 Å². The number of benzene rings is 1. The fourth-order valence-electron chi connectivity index (χ4n) is 2.87. The highest BCUT2D eigenvalue weighted by molar-refractivity contribution is 7.09. The number of rotatable bonds is 4. The summed E-state index contributed by atoms with van der Waals surface area (Å²) in [5, 5.41) is 2.99. The standard InChI is InChI=1S/C19H22FN3O2S/c1-13(2)18-21-16(12-26-18)11-17(24)22-7-9-23(10-8-22)19(25)14-3-5-15(20)6-4-14/h3-6,12-13H,7-11H2,1-2H3. The molecule has 2 amide bonds. The molecule has 1 aromatic heterocycles. The van der Waals surface area contributed by atoms with Crippen LogP contribution in [0.15, 0.2) is 29.6 Å². The van der Waals surface area contributed by atoms with Gasteiger partial charge in [-0.1, -0.05) is 13.8 Å². The van der Waals surface area contributed by atoms with Crippen molar-refractivity contribution in [2.24, 2.45) is 0 Å². The molecule has 3 rings (SSSR count). The maximum atomic E-state index is 13.0. The predicted octanol–water partition coefficient (Wildman–Crippen LogP) is 2.93. The zero-order valence-corrected chi connectivity index (χ0v) is 15.8. The zero-order chi connectivity index (χ0) is 18.7. The van der Waals surface area contributed by atoms with Crippen LogP contribution in [0.25, 0.3) is 0 Å². The SMILES string of the molecule is CC(C)c1nc(CC(=O)N2CCN(C(=O)c3ccc(F)cc3)CC2)cs1. The molecule has 7 heteroatoms. The number of thiazole rings is 1. The van der Waals surface area contributed by atoms with E-state index in [9.17, 15) is 14.0 Å². The van der Waals surface area contributed by atoms with Gasteiger partial charge in [0.05, 0.1) is 17.1 Å². The van der Waals surface area contributed by atoms with Gasteiger partial charge >= 0.3 is 0 Å². The minimum atomic E-state index is -0.361. The van der Waals surface area contributed by atoms with Crippen LogP contribution in [-0.2, 0) is 11.2 Å². The number of hydrogen-bond acceptors (Lipinski definition) is 4. The van der Waals surface area contributed by atoms with Crippen LogP contribution in [-0.4, -0.2) is 52.8 Å². The monoisotopic (exact) mass is 375 g/mol. The van der Waals surface area contributed by atoms with Crippen molar-refractivity contribution in [1.82, 2.24) is 14.8 Å². The van der Waals surface area contributed by atoms with Crippen LogP contribution in [0.5, 0.6) is 0 Å². The van der Waals surface area contributed by atoms with E-state index in [-0.39, 0.29) is 17.6 Å². The van der Waals surface area contributed by atoms with E-state index < -0.39 is 0 Å². The van der Waals surface area contributed by atoms with Crippen LogP contribution in [0.2, 0.25) is 0 Å². The first-order valence-electron chi connectivity index (χ1n) is 8.71. The molecular weight excluding hydrogens is 353 g/mol. The molecular formula is C19H22FN3O2S. The van der Waals surface area contributed by atoms with Crippen LogP contribution < -0.4 is 0 Å². The lowest BCUT2D eigenvalue weighted by Gasteiger charge is -2.34. The summed E-state index contributed by atoms with van der Waals surface area (Å²) in [7, 11) is 0. The van der Waals surface area contributed by atoms with Crippen molar-refractivity contribution in [3.8, 4) is 0 Å². The van der Waals surface area contributed by atoms with Gasteiger partial charge in [0.25, 0.3) is 5.91 Å². The van der Waals surface area contributed by atoms with Crippen molar-refractivity contribution in [2.75, 3.05) is 26.2 Å². The summed E-state index contributed by atoms with van der Waals surface area (Å²) in [6.45, 7) is 6.15. The number of piperazine rings is 1. The lowest BCUT2D eigenvalue weighted by atomic mass is 10.1. The molecule has 0 saturated carbocycles. The molecule has 1 aliphatic rings. The Morgan fingerprint density at radius 2 is 1.73 bits per heavy atom. The van der Waals surface area contributed by atoms with Crippen molar-refractivity contribution in [3.63, 3.8) is 0 Å². The summed E-state index contributed by atoms with van der Waals surface area (Å²) < 4.78 is 13.0. The molecule has 2 heterocycles. The third kappa shape index (κ3) is 4.27. The molecule has 1 saturated heterocycles. The van der Waals surface area contributed by atoms with Crippen LogP contribution in [0, 0.1) is 5.82 Å². The van der Waals surface area contributed by atoms with Gasteiger partial charge in [0.1, 0.15) is 5.82 Å². The maximum absolute atomic E-state index is 13.0. The van der Waals surface area contributed by atoms with Gasteiger partial charge in [-0.2, -0.15) is 0 Å². The summed E-state index contributed by atoms with van der Waals surface area (Å²) in [4.78, 5) is 32.9. The second-order valence-electron chi connectivity index (χ2n) is 6.69. The first kappa shape index (κ1) is 18.5. The number of halogens is 1. The molecule has 0 N–H and O–H groups in total. The van der Waals surface area contributed by atoms with Gasteiger partial charge in [-0.05, 0) is 24.3 Å². The minimum Gasteiger partial charge on any atom is -0.339 e. The molecule has 1 fully saturated rings. The van der Waals surface area contributed by atoms with Gasteiger partial charge in [0.15, 0.2) is 0 Å². The summed E-state index contributed by atoms with van der Waals surface area (Å²) >= 11 is 1.59. The molecule has 0 aliphatic carbocycles. The Bertz CT molecular complexity index is 780. The largest absolute Gasteiger partial charge is 0.339 e. The van der Waals surface area contributed by atoms with Gasteiger partial charge in [0.2, 0.25) is 5.91 Å². The maximum Gasteiger partial charge on any atom is 0.253 e. The lowest BCUT2D eigenvalue weighted by molar-refractivity contribution is -0.132. The van der Waals surface area contributed by atoms with Crippen molar-refractivity contribution in [3.05, 3.63) is 51.7 Å². The molecule has 0 unspecified atom stereocenters. The zero-order valence-electron chi connectivity index (χ0n) is 14.9. The van der Waals surface area contributed by atoms with Gasteiger partial charge < -0.3 is 9.80 Å².